The number of alkyl halides is 2. The Labute approximate surface area is 261 Å². The lowest BCUT2D eigenvalue weighted by atomic mass is 9.85. The van der Waals surface area contributed by atoms with Gasteiger partial charge in [-0.2, -0.15) is 8.78 Å². The molecule has 3 heterocycles. The van der Waals surface area contributed by atoms with E-state index in [4.69, 9.17) is 9.79 Å². The van der Waals surface area contributed by atoms with E-state index in [1.54, 1.807) is 20.8 Å². The molecule has 0 spiro atoms. The molecular formula is C30H32F2N5O6PS. The number of aromatic nitrogens is 2. The van der Waals surface area contributed by atoms with Crippen LogP contribution in [0.4, 0.5) is 13.9 Å². The maximum atomic E-state index is 14.3. The molecule has 238 valence electrons. The number of carbonyl (C=O) groups is 3. The molecule has 1 fully saturated rings. The summed E-state index contributed by atoms with van der Waals surface area (Å²) in [7, 11) is -5.78. The number of amides is 3. The summed E-state index contributed by atoms with van der Waals surface area (Å²) in [6, 6.07) is 11.9. The molecule has 2 aromatic carbocycles. The normalized spacial score (nSPS) is 16.5. The van der Waals surface area contributed by atoms with Crippen molar-refractivity contribution in [3.8, 4) is 11.3 Å². The number of hydrogen-bond acceptors (Lipinski definition) is 6. The van der Waals surface area contributed by atoms with Crippen molar-refractivity contribution < 1.29 is 37.5 Å². The fourth-order valence-electron chi connectivity index (χ4n) is 5.20. The summed E-state index contributed by atoms with van der Waals surface area (Å²) in [5.41, 5.74) is -4.23. The lowest BCUT2D eigenvalue weighted by Gasteiger charge is -2.35. The highest BCUT2D eigenvalue weighted by Gasteiger charge is 2.50. The van der Waals surface area contributed by atoms with Gasteiger partial charge in [-0.05, 0) is 36.5 Å². The second kappa shape index (κ2) is 12.1. The molecule has 2 atom stereocenters. The van der Waals surface area contributed by atoms with Crippen LogP contribution in [-0.4, -0.2) is 61.0 Å². The average Bonchev–Trinajstić information content (AvgIpc) is 3.74. The Hall–Kier alpha value is -3.97. The fraction of sp³-hybridized carbons (Fsp3) is 0.333. The van der Waals surface area contributed by atoms with Gasteiger partial charge in [0.25, 0.3) is 5.91 Å². The third-order valence-corrected chi connectivity index (χ3v) is 9.36. The first-order valence-electron chi connectivity index (χ1n) is 14.1. The first kappa shape index (κ1) is 32.4. The number of nitrogens with zero attached hydrogens (tertiary/aromatic N) is 2. The van der Waals surface area contributed by atoms with Crippen molar-refractivity contribution in [3.63, 3.8) is 0 Å². The van der Waals surface area contributed by atoms with Gasteiger partial charge in [-0.25, -0.2) is 4.98 Å². The Bertz CT molecular complexity index is 1800. The summed E-state index contributed by atoms with van der Waals surface area (Å²) in [5, 5.41) is 7.92. The molecule has 1 saturated heterocycles. The summed E-state index contributed by atoms with van der Waals surface area (Å²) in [5.74, 6) is -1.52. The summed E-state index contributed by atoms with van der Waals surface area (Å²) >= 11 is 1.28. The van der Waals surface area contributed by atoms with E-state index in [0.717, 1.165) is 23.4 Å². The number of carbonyl (C=O) groups excluding carboxylic acids is 3. The third-order valence-electron chi connectivity index (χ3n) is 7.61. The van der Waals surface area contributed by atoms with Crippen LogP contribution in [0, 0.1) is 5.41 Å². The Morgan fingerprint density at radius 3 is 2.49 bits per heavy atom. The summed E-state index contributed by atoms with van der Waals surface area (Å²) < 4.78 is 39.8. The maximum Gasteiger partial charge on any atom is 0.399 e. The zero-order valence-electron chi connectivity index (χ0n) is 24.6. The van der Waals surface area contributed by atoms with Gasteiger partial charge >= 0.3 is 13.3 Å². The van der Waals surface area contributed by atoms with Gasteiger partial charge in [-0.1, -0.05) is 57.2 Å². The van der Waals surface area contributed by atoms with Gasteiger partial charge in [0.1, 0.15) is 17.8 Å². The first-order chi connectivity index (χ1) is 21.1. The molecule has 0 unspecified atom stereocenters. The molecule has 4 aromatic rings. The standard InChI is InChI=1S/C30H32F2N5O6PS/c1-29(2,3)24(35-25(38)21-15-18-14-19(11-12-20(18)33-21)30(31,32)44(41,42)43)27(40)37-13-7-10-23(37)26(39)36-28-34-22(16-45-28)17-8-5-4-6-9-17/h4-6,8-9,11-12,14-16,23-24,33H,7,10,13H2,1-3H3,(H,35,38)(H,34,36,39)(H2,41,42,43)/t23-,24+/m0/s1. The van der Waals surface area contributed by atoms with Crippen LogP contribution in [0.25, 0.3) is 22.2 Å². The number of likely N-dealkylation sites (tertiary alicyclic amines) is 1. The molecule has 3 amide bonds. The number of nitrogens with one attached hydrogen (secondary N) is 3. The molecule has 5 rings (SSSR count). The van der Waals surface area contributed by atoms with Crippen molar-refractivity contribution >= 4 is 52.7 Å². The Morgan fingerprint density at radius 1 is 1.11 bits per heavy atom. The Morgan fingerprint density at radius 2 is 1.82 bits per heavy atom. The molecule has 15 heteroatoms. The zero-order chi connectivity index (χ0) is 32.7. The van der Waals surface area contributed by atoms with Crippen LogP contribution < -0.4 is 10.6 Å². The Kier molecular flexibility index (Phi) is 8.71. The number of anilines is 1. The predicted octanol–water partition coefficient (Wildman–Crippen LogP) is 5.29. The van der Waals surface area contributed by atoms with E-state index in [1.165, 1.54) is 28.4 Å². The van der Waals surface area contributed by atoms with E-state index >= 15 is 0 Å². The highest BCUT2D eigenvalue weighted by molar-refractivity contribution is 7.52. The quantitative estimate of drug-likeness (QED) is 0.160. The second-order valence-electron chi connectivity index (χ2n) is 11.9. The number of hydrogen-bond donors (Lipinski definition) is 5. The smallest absolute Gasteiger partial charge is 0.351 e. The summed E-state index contributed by atoms with van der Waals surface area (Å²) in [6.45, 7) is 5.62. The van der Waals surface area contributed by atoms with Crippen LogP contribution in [0.5, 0.6) is 0 Å². The number of H-pyrrole nitrogens is 1. The number of halogens is 2. The molecule has 1 aliphatic rings. The van der Waals surface area contributed by atoms with Gasteiger partial charge < -0.3 is 30.3 Å². The van der Waals surface area contributed by atoms with Gasteiger partial charge in [0.05, 0.1) is 5.69 Å². The van der Waals surface area contributed by atoms with Crippen LogP contribution in [0.15, 0.2) is 60.0 Å². The van der Waals surface area contributed by atoms with Crippen LogP contribution in [-0.2, 0) is 19.8 Å². The first-order valence-corrected chi connectivity index (χ1v) is 16.6. The Balaban J connectivity index is 1.31. The van der Waals surface area contributed by atoms with E-state index in [1.807, 2.05) is 35.7 Å². The van der Waals surface area contributed by atoms with E-state index in [0.29, 0.717) is 24.5 Å². The zero-order valence-corrected chi connectivity index (χ0v) is 26.3. The number of rotatable bonds is 8. The second-order valence-corrected chi connectivity index (χ2v) is 14.4. The van der Waals surface area contributed by atoms with Crippen LogP contribution in [0.1, 0.15) is 49.7 Å². The minimum atomic E-state index is -5.78. The SMILES string of the molecule is CC(C)(C)[C@H](NC(=O)c1cc2cc(C(F)(F)P(=O)(O)O)ccc2[nH]1)C(=O)N1CCC[C@H]1C(=O)Nc1nc(-c2ccccc2)cs1. The van der Waals surface area contributed by atoms with Crippen molar-refractivity contribution in [1.82, 2.24) is 20.2 Å². The molecule has 0 aliphatic carbocycles. The van der Waals surface area contributed by atoms with Crippen molar-refractivity contribution in [1.29, 1.82) is 0 Å². The van der Waals surface area contributed by atoms with Crippen molar-refractivity contribution in [2.75, 3.05) is 11.9 Å². The van der Waals surface area contributed by atoms with Gasteiger partial charge in [0, 0.05) is 34.0 Å². The largest absolute Gasteiger partial charge is 0.399 e. The molecule has 2 aromatic heterocycles. The number of aromatic amines is 1. The minimum Gasteiger partial charge on any atom is -0.351 e. The van der Waals surface area contributed by atoms with Crippen molar-refractivity contribution in [3.05, 3.63) is 71.2 Å². The number of fused-ring (bicyclic) bond motifs is 1. The third kappa shape index (κ3) is 6.69. The summed E-state index contributed by atoms with van der Waals surface area (Å²) in [6.07, 6.45) is 1.02. The molecule has 0 saturated carbocycles. The lowest BCUT2D eigenvalue weighted by Crippen LogP contribution is -2.57. The van der Waals surface area contributed by atoms with E-state index in [2.05, 4.69) is 20.6 Å². The fourth-order valence-corrected chi connectivity index (χ4v) is 6.40. The molecule has 45 heavy (non-hydrogen) atoms. The highest BCUT2D eigenvalue weighted by Crippen LogP contribution is 2.59. The molecule has 5 N–H and O–H groups in total. The van der Waals surface area contributed by atoms with E-state index in [-0.39, 0.29) is 22.5 Å². The van der Waals surface area contributed by atoms with Crippen LogP contribution >= 0.6 is 18.9 Å². The predicted molar refractivity (Wildman–Crippen MR) is 166 cm³/mol. The highest BCUT2D eigenvalue weighted by atomic mass is 32.1. The number of thiazole rings is 1. The van der Waals surface area contributed by atoms with Gasteiger partial charge in [0.15, 0.2) is 5.13 Å². The van der Waals surface area contributed by atoms with Gasteiger partial charge in [0.2, 0.25) is 11.8 Å². The summed E-state index contributed by atoms with van der Waals surface area (Å²) in [4.78, 5) is 67.5. The maximum absolute atomic E-state index is 14.3. The molecule has 0 bridgehead atoms. The molecular weight excluding hydrogens is 627 g/mol. The average molecular weight is 660 g/mol. The van der Waals surface area contributed by atoms with Gasteiger partial charge in [-0.15, -0.1) is 11.3 Å². The molecule has 0 radical (unpaired) electrons. The monoisotopic (exact) mass is 659 g/mol. The molecule has 11 nitrogen and oxygen atoms in total. The van der Waals surface area contributed by atoms with E-state index in [9.17, 15) is 27.7 Å². The topological polar surface area (TPSA) is 165 Å². The lowest BCUT2D eigenvalue weighted by molar-refractivity contribution is -0.140. The van der Waals surface area contributed by atoms with E-state index < -0.39 is 48.1 Å². The minimum absolute atomic E-state index is 0.0441. The van der Waals surface area contributed by atoms with Crippen molar-refractivity contribution in [2.24, 2.45) is 5.41 Å². The number of benzene rings is 2. The molecule has 1 aliphatic heterocycles. The van der Waals surface area contributed by atoms with Crippen molar-refractivity contribution in [2.45, 2.75) is 51.4 Å². The van der Waals surface area contributed by atoms with Gasteiger partial charge in [-0.3, -0.25) is 18.9 Å². The van der Waals surface area contributed by atoms with Crippen LogP contribution in [0.2, 0.25) is 0 Å². The van der Waals surface area contributed by atoms with Crippen LogP contribution in [0.3, 0.4) is 0 Å².